The van der Waals surface area contributed by atoms with E-state index in [4.69, 9.17) is 12.2 Å². The van der Waals surface area contributed by atoms with Crippen LogP contribution in [0.4, 0.5) is 0 Å². The third kappa shape index (κ3) is 3.35. The van der Waals surface area contributed by atoms with Crippen molar-refractivity contribution < 1.29 is 14.7 Å². The molecule has 1 aliphatic rings. The Morgan fingerprint density at radius 3 is 2.75 bits per heavy atom. The van der Waals surface area contributed by atoms with Crippen molar-refractivity contribution >= 4 is 57.1 Å². The van der Waals surface area contributed by atoms with Gasteiger partial charge in [-0.1, -0.05) is 48.2 Å². The molecule has 28 heavy (non-hydrogen) atoms. The van der Waals surface area contributed by atoms with Gasteiger partial charge in [-0.05, 0) is 36.5 Å². The molecule has 2 aromatic carbocycles. The lowest BCUT2D eigenvalue weighted by molar-refractivity contribution is -0.123. The predicted octanol–water partition coefficient (Wildman–Crippen LogP) is 3.49. The summed E-state index contributed by atoms with van der Waals surface area (Å²) in [4.78, 5) is 29.9. The number of nitrogens with zero attached hydrogens (tertiary/aromatic N) is 2. The molecule has 0 radical (unpaired) electrons. The highest BCUT2D eigenvalue weighted by Gasteiger charge is 2.34. The van der Waals surface area contributed by atoms with E-state index < -0.39 is 11.8 Å². The van der Waals surface area contributed by atoms with Crippen LogP contribution in [0.25, 0.3) is 17.0 Å². The summed E-state index contributed by atoms with van der Waals surface area (Å²) in [5, 5.41) is 11.8. The van der Waals surface area contributed by atoms with Crippen LogP contribution in [0.1, 0.15) is 15.9 Å². The van der Waals surface area contributed by atoms with Crippen LogP contribution in [-0.2, 0) is 4.79 Å². The Morgan fingerprint density at radius 1 is 1.14 bits per heavy atom. The van der Waals surface area contributed by atoms with E-state index in [1.165, 1.54) is 12.1 Å². The van der Waals surface area contributed by atoms with Crippen LogP contribution < -0.4 is 5.43 Å². The third-order valence-corrected chi connectivity index (χ3v) is 5.41. The van der Waals surface area contributed by atoms with Crippen molar-refractivity contribution in [3.8, 4) is 5.75 Å². The van der Waals surface area contributed by atoms with Crippen molar-refractivity contribution in [3.05, 3.63) is 76.8 Å². The van der Waals surface area contributed by atoms with E-state index in [9.17, 15) is 14.7 Å². The van der Waals surface area contributed by atoms with Gasteiger partial charge in [0.2, 0.25) is 0 Å². The van der Waals surface area contributed by atoms with Gasteiger partial charge in [-0.2, -0.15) is 5.01 Å². The molecule has 6 nitrogen and oxygen atoms in total. The fourth-order valence-electron chi connectivity index (χ4n) is 2.78. The average molecular weight is 407 g/mol. The van der Waals surface area contributed by atoms with Crippen LogP contribution in [0.5, 0.6) is 5.75 Å². The molecule has 1 fully saturated rings. The summed E-state index contributed by atoms with van der Waals surface area (Å²) in [6.45, 7) is 0. The first kappa shape index (κ1) is 18.1. The molecule has 1 aliphatic heterocycles. The van der Waals surface area contributed by atoms with Crippen LogP contribution in [0.2, 0.25) is 0 Å². The highest BCUT2D eigenvalue weighted by molar-refractivity contribution is 8.26. The number of fused-ring (bicyclic) bond motifs is 1. The molecule has 0 spiro atoms. The molecule has 3 aromatic rings. The van der Waals surface area contributed by atoms with Crippen LogP contribution in [0.15, 0.2) is 65.7 Å². The second kappa shape index (κ2) is 7.41. The standard InChI is InChI=1S/C20H13N3O3S2/c24-15-9-2-1-8-14(15)18(25)22-23-19(26)16(28-20(23)27)11-13-6-3-5-12-7-4-10-21-17(12)13/h1-11,24H,(H,22,25). The highest BCUT2D eigenvalue weighted by atomic mass is 32.2. The second-order valence-electron chi connectivity index (χ2n) is 5.90. The summed E-state index contributed by atoms with van der Waals surface area (Å²) in [5.41, 5.74) is 4.06. The monoisotopic (exact) mass is 407 g/mol. The SMILES string of the molecule is O=C(NN1C(=O)C(=Cc2cccc3cccnc23)SC1=S)c1ccccc1O. The van der Waals surface area contributed by atoms with Crippen molar-refractivity contribution in [1.82, 2.24) is 15.4 Å². The van der Waals surface area contributed by atoms with Crippen LogP contribution in [-0.4, -0.2) is 31.2 Å². The van der Waals surface area contributed by atoms with Crippen molar-refractivity contribution in [3.63, 3.8) is 0 Å². The number of hydrogen-bond acceptors (Lipinski definition) is 6. The molecule has 138 valence electrons. The van der Waals surface area contributed by atoms with E-state index in [1.54, 1.807) is 24.4 Å². The van der Waals surface area contributed by atoms with Gasteiger partial charge in [0.05, 0.1) is 16.0 Å². The number of rotatable bonds is 3. The molecular weight excluding hydrogens is 394 g/mol. The number of thiocarbonyl (C=S) groups is 1. The van der Waals surface area contributed by atoms with E-state index in [0.29, 0.717) is 4.91 Å². The molecule has 2 heterocycles. The maximum Gasteiger partial charge on any atom is 0.285 e. The number of nitrogens with one attached hydrogen (secondary N) is 1. The number of aromatic hydroxyl groups is 1. The second-order valence-corrected chi connectivity index (χ2v) is 7.57. The van der Waals surface area contributed by atoms with E-state index in [0.717, 1.165) is 33.2 Å². The third-order valence-electron chi connectivity index (χ3n) is 4.11. The fourth-order valence-corrected chi connectivity index (χ4v) is 3.95. The van der Waals surface area contributed by atoms with Crippen LogP contribution in [0.3, 0.4) is 0 Å². The van der Waals surface area contributed by atoms with E-state index >= 15 is 0 Å². The minimum atomic E-state index is -0.623. The molecule has 0 saturated carbocycles. The number of pyridine rings is 1. The van der Waals surface area contributed by atoms with Gasteiger partial charge in [-0.15, -0.1) is 0 Å². The Hall–Kier alpha value is -3.23. The normalized spacial score (nSPS) is 15.4. The zero-order valence-corrected chi connectivity index (χ0v) is 16.0. The van der Waals surface area contributed by atoms with Crippen LogP contribution >= 0.6 is 24.0 Å². The van der Waals surface area contributed by atoms with E-state index in [-0.39, 0.29) is 15.6 Å². The number of phenolic OH excluding ortho intramolecular Hbond substituents is 1. The quantitative estimate of drug-likeness (QED) is 0.511. The first-order valence-electron chi connectivity index (χ1n) is 8.25. The molecule has 1 saturated heterocycles. The number of hydrogen-bond donors (Lipinski definition) is 2. The topological polar surface area (TPSA) is 82.5 Å². The molecule has 0 unspecified atom stereocenters. The van der Waals surface area contributed by atoms with Gasteiger partial charge in [-0.25, -0.2) is 0 Å². The van der Waals surface area contributed by atoms with Crippen molar-refractivity contribution in [1.29, 1.82) is 0 Å². The first-order valence-corrected chi connectivity index (χ1v) is 9.48. The largest absolute Gasteiger partial charge is 0.507 e. The van der Waals surface area contributed by atoms with Gasteiger partial charge in [0, 0.05) is 17.1 Å². The Balaban J connectivity index is 1.61. The fraction of sp³-hybridized carbons (Fsp3) is 0. The maximum atomic E-state index is 12.8. The summed E-state index contributed by atoms with van der Waals surface area (Å²) in [5.74, 6) is -1.24. The maximum absolute atomic E-state index is 12.8. The van der Waals surface area contributed by atoms with Crippen LogP contribution in [0, 0.1) is 0 Å². The molecule has 2 amide bonds. The summed E-state index contributed by atoms with van der Waals surface area (Å²) >= 11 is 6.33. The van der Waals surface area contributed by atoms with Gasteiger partial charge in [0.25, 0.3) is 11.8 Å². The predicted molar refractivity (Wildman–Crippen MR) is 112 cm³/mol. The number of para-hydroxylation sites is 2. The number of aromatic nitrogens is 1. The Kier molecular flexibility index (Phi) is 4.81. The molecule has 1 aromatic heterocycles. The molecule has 0 atom stereocenters. The summed E-state index contributed by atoms with van der Waals surface area (Å²) in [7, 11) is 0. The lowest BCUT2D eigenvalue weighted by Gasteiger charge is -2.16. The molecule has 0 bridgehead atoms. The molecule has 4 rings (SSSR count). The van der Waals surface area contributed by atoms with E-state index in [2.05, 4.69) is 10.4 Å². The Bertz CT molecular complexity index is 1150. The number of hydrazine groups is 1. The lowest BCUT2D eigenvalue weighted by Crippen LogP contribution is -2.44. The minimum Gasteiger partial charge on any atom is -0.507 e. The molecule has 2 N–H and O–H groups in total. The minimum absolute atomic E-state index is 0.0544. The smallest absolute Gasteiger partial charge is 0.285 e. The number of thioether (sulfide) groups is 1. The van der Waals surface area contributed by atoms with Crippen molar-refractivity contribution in [2.24, 2.45) is 0 Å². The zero-order chi connectivity index (χ0) is 19.7. The number of benzene rings is 2. The number of phenols is 1. The lowest BCUT2D eigenvalue weighted by atomic mass is 10.1. The number of amides is 2. The average Bonchev–Trinajstić information content (AvgIpc) is 2.96. The number of carbonyl (C=O) groups excluding carboxylic acids is 2. The van der Waals surface area contributed by atoms with Gasteiger partial charge in [-0.3, -0.25) is 20.0 Å². The summed E-state index contributed by atoms with van der Waals surface area (Å²) in [6, 6.07) is 15.6. The molecule has 0 aliphatic carbocycles. The van der Waals surface area contributed by atoms with Gasteiger partial charge >= 0.3 is 0 Å². The molecular formula is C20H13N3O3S2. The van der Waals surface area contributed by atoms with Gasteiger partial charge in [0.1, 0.15) is 5.75 Å². The molecule has 8 heteroatoms. The highest BCUT2D eigenvalue weighted by Crippen LogP contribution is 2.32. The van der Waals surface area contributed by atoms with Gasteiger partial charge < -0.3 is 5.11 Å². The first-order chi connectivity index (χ1) is 13.5. The van der Waals surface area contributed by atoms with Crippen molar-refractivity contribution in [2.75, 3.05) is 0 Å². The number of carbonyl (C=O) groups is 2. The zero-order valence-electron chi connectivity index (χ0n) is 14.3. The van der Waals surface area contributed by atoms with E-state index in [1.807, 2.05) is 30.3 Å². The Labute approximate surface area is 169 Å². The summed E-state index contributed by atoms with van der Waals surface area (Å²) < 4.78 is 0.202. The summed E-state index contributed by atoms with van der Waals surface area (Å²) in [6.07, 6.45) is 3.40. The van der Waals surface area contributed by atoms with Crippen molar-refractivity contribution in [2.45, 2.75) is 0 Å². The van der Waals surface area contributed by atoms with Gasteiger partial charge in [0.15, 0.2) is 4.32 Å². The Morgan fingerprint density at radius 2 is 1.93 bits per heavy atom.